The van der Waals surface area contributed by atoms with Crippen molar-refractivity contribution >= 4 is 21.7 Å². The highest BCUT2D eigenvalue weighted by molar-refractivity contribution is 7.92. The molecule has 0 aliphatic rings. The van der Waals surface area contributed by atoms with Crippen molar-refractivity contribution in [2.75, 3.05) is 11.8 Å². The maximum Gasteiger partial charge on any atom is 0.264 e. The first-order chi connectivity index (χ1) is 12.4. The van der Waals surface area contributed by atoms with E-state index in [1.807, 2.05) is 0 Å². The fourth-order valence-electron chi connectivity index (χ4n) is 2.35. The van der Waals surface area contributed by atoms with E-state index in [-0.39, 0.29) is 16.6 Å². The summed E-state index contributed by atoms with van der Waals surface area (Å²) < 4.78 is 37.8. The molecule has 3 aromatic rings. The van der Waals surface area contributed by atoms with Crippen molar-refractivity contribution < 1.29 is 22.5 Å². The van der Waals surface area contributed by atoms with Gasteiger partial charge in [-0.25, -0.2) is 13.1 Å². The van der Waals surface area contributed by atoms with Gasteiger partial charge >= 0.3 is 0 Å². The van der Waals surface area contributed by atoms with E-state index in [9.17, 15) is 13.2 Å². The zero-order valence-electron chi connectivity index (χ0n) is 14.1. The number of nitrogens with one attached hydrogen (secondary N) is 1. The summed E-state index contributed by atoms with van der Waals surface area (Å²) in [5, 5.41) is 3.68. The summed E-state index contributed by atoms with van der Waals surface area (Å²) in [5.41, 5.74) is 1.50. The largest absolute Gasteiger partial charge is 0.497 e. The van der Waals surface area contributed by atoms with Crippen molar-refractivity contribution in [2.24, 2.45) is 0 Å². The Balaban J connectivity index is 1.93. The lowest BCUT2D eigenvalue weighted by atomic mass is 10.1. The summed E-state index contributed by atoms with van der Waals surface area (Å²) >= 11 is 0. The van der Waals surface area contributed by atoms with Crippen molar-refractivity contribution in [3.63, 3.8) is 0 Å². The van der Waals surface area contributed by atoms with E-state index in [2.05, 4.69) is 9.88 Å². The van der Waals surface area contributed by atoms with E-state index in [1.54, 1.807) is 37.4 Å². The highest BCUT2D eigenvalue weighted by Crippen LogP contribution is 2.30. The van der Waals surface area contributed by atoms with E-state index in [0.717, 1.165) is 0 Å². The Hall–Kier alpha value is -3.13. The number of rotatable bonds is 6. The average Bonchev–Trinajstić information content (AvgIpc) is 3.09. The molecule has 0 aliphatic heterocycles. The first-order valence-electron chi connectivity index (χ1n) is 7.63. The Morgan fingerprint density at radius 3 is 2.54 bits per heavy atom. The third-order valence-corrected chi connectivity index (χ3v) is 5.08. The van der Waals surface area contributed by atoms with Gasteiger partial charge in [-0.1, -0.05) is 29.4 Å². The van der Waals surface area contributed by atoms with Gasteiger partial charge in [0.05, 0.1) is 23.8 Å². The van der Waals surface area contributed by atoms with Crippen LogP contribution in [0, 0.1) is 0 Å². The molecule has 3 rings (SSSR count). The fourth-order valence-corrected chi connectivity index (χ4v) is 3.40. The fraction of sp³-hybridized carbons (Fsp3) is 0.111. The van der Waals surface area contributed by atoms with Gasteiger partial charge in [0.25, 0.3) is 10.0 Å². The average molecular weight is 372 g/mol. The molecule has 0 bridgehead atoms. The molecule has 0 saturated carbocycles. The van der Waals surface area contributed by atoms with Crippen LogP contribution in [0.25, 0.3) is 11.1 Å². The Labute approximate surface area is 150 Å². The summed E-state index contributed by atoms with van der Waals surface area (Å²) in [5.74, 6) is 0.442. The molecule has 134 valence electrons. The van der Waals surface area contributed by atoms with Crippen LogP contribution in [-0.2, 0) is 10.0 Å². The number of carbonyl (C=O) groups is 1. The predicted molar refractivity (Wildman–Crippen MR) is 95.7 cm³/mol. The molecule has 0 aliphatic carbocycles. The Kier molecular flexibility index (Phi) is 4.77. The zero-order chi connectivity index (χ0) is 18.7. The van der Waals surface area contributed by atoms with Gasteiger partial charge < -0.3 is 9.26 Å². The highest BCUT2D eigenvalue weighted by Gasteiger charge is 2.20. The number of methoxy groups -OCH3 is 1. The number of anilines is 1. The summed E-state index contributed by atoms with van der Waals surface area (Å²) in [6.07, 6.45) is 1.42. The second kappa shape index (κ2) is 7.01. The third-order valence-electron chi connectivity index (χ3n) is 3.75. The highest BCUT2D eigenvalue weighted by atomic mass is 32.2. The molecule has 1 heterocycles. The van der Waals surface area contributed by atoms with Gasteiger partial charge in [-0.15, -0.1) is 0 Å². The van der Waals surface area contributed by atoms with Crippen LogP contribution in [0.4, 0.5) is 5.88 Å². The van der Waals surface area contributed by atoms with Crippen LogP contribution in [0.15, 0.2) is 64.1 Å². The Morgan fingerprint density at radius 1 is 1.15 bits per heavy atom. The third kappa shape index (κ3) is 3.60. The molecular weight excluding hydrogens is 356 g/mol. The lowest BCUT2D eigenvalue weighted by molar-refractivity contribution is 0.101. The SMILES string of the molecule is COc1ccc(-c2cnoc2NS(=O)(=O)c2cccc(C(C)=O)c2)cc1. The minimum atomic E-state index is -3.94. The van der Waals surface area contributed by atoms with E-state index >= 15 is 0 Å². The number of hydrogen-bond donors (Lipinski definition) is 1. The number of nitrogens with zero attached hydrogens (tertiary/aromatic N) is 1. The molecule has 2 aromatic carbocycles. The molecule has 0 fully saturated rings. The zero-order valence-corrected chi connectivity index (χ0v) is 14.9. The lowest BCUT2D eigenvalue weighted by Crippen LogP contribution is -2.13. The lowest BCUT2D eigenvalue weighted by Gasteiger charge is -2.08. The maximum atomic E-state index is 12.6. The van der Waals surface area contributed by atoms with Crippen molar-refractivity contribution in [3.05, 3.63) is 60.3 Å². The molecule has 0 radical (unpaired) electrons. The smallest absolute Gasteiger partial charge is 0.264 e. The second-order valence-electron chi connectivity index (χ2n) is 5.49. The first kappa shape index (κ1) is 17.7. The number of aromatic nitrogens is 1. The summed E-state index contributed by atoms with van der Waals surface area (Å²) in [6, 6.07) is 12.8. The van der Waals surface area contributed by atoms with Gasteiger partial charge in [-0.2, -0.15) is 0 Å². The van der Waals surface area contributed by atoms with E-state index < -0.39 is 10.0 Å². The number of ketones is 1. The molecule has 0 atom stereocenters. The molecule has 1 aromatic heterocycles. The van der Waals surface area contributed by atoms with Crippen LogP contribution in [0.2, 0.25) is 0 Å². The maximum absolute atomic E-state index is 12.6. The van der Waals surface area contributed by atoms with Gasteiger partial charge in [-0.3, -0.25) is 4.79 Å². The summed E-state index contributed by atoms with van der Waals surface area (Å²) in [4.78, 5) is 11.4. The van der Waals surface area contributed by atoms with Gasteiger partial charge in [0, 0.05) is 5.56 Å². The molecular formula is C18H16N2O5S. The van der Waals surface area contributed by atoms with Crippen molar-refractivity contribution in [3.8, 4) is 16.9 Å². The Bertz CT molecular complexity index is 1040. The van der Waals surface area contributed by atoms with Gasteiger partial charge in [0.2, 0.25) is 5.88 Å². The number of ether oxygens (including phenoxy) is 1. The Morgan fingerprint density at radius 2 is 1.88 bits per heavy atom. The quantitative estimate of drug-likeness (QED) is 0.666. The molecule has 0 unspecified atom stereocenters. The summed E-state index contributed by atoms with van der Waals surface area (Å²) in [7, 11) is -2.38. The van der Waals surface area contributed by atoms with Crippen molar-refractivity contribution in [1.29, 1.82) is 0 Å². The second-order valence-corrected chi connectivity index (χ2v) is 7.17. The molecule has 0 saturated heterocycles. The number of carbonyl (C=O) groups excluding carboxylic acids is 1. The van der Waals surface area contributed by atoms with Crippen LogP contribution in [0.3, 0.4) is 0 Å². The first-order valence-corrected chi connectivity index (χ1v) is 9.12. The molecule has 7 nitrogen and oxygen atoms in total. The summed E-state index contributed by atoms with van der Waals surface area (Å²) in [6.45, 7) is 1.37. The normalized spacial score (nSPS) is 11.2. The van der Waals surface area contributed by atoms with Crippen LogP contribution in [-0.4, -0.2) is 26.5 Å². The van der Waals surface area contributed by atoms with Gasteiger partial charge in [0.1, 0.15) is 5.75 Å². The van der Waals surface area contributed by atoms with E-state index in [4.69, 9.17) is 9.26 Å². The van der Waals surface area contributed by atoms with Crippen molar-refractivity contribution in [1.82, 2.24) is 5.16 Å². The predicted octanol–water partition coefficient (Wildman–Crippen LogP) is 3.35. The minimum absolute atomic E-state index is 0.0107. The molecule has 0 spiro atoms. The van der Waals surface area contributed by atoms with Gasteiger partial charge in [0.15, 0.2) is 5.78 Å². The van der Waals surface area contributed by atoms with E-state index in [1.165, 1.54) is 31.3 Å². The topological polar surface area (TPSA) is 98.5 Å². The number of benzene rings is 2. The minimum Gasteiger partial charge on any atom is -0.497 e. The van der Waals surface area contributed by atoms with Crippen molar-refractivity contribution in [2.45, 2.75) is 11.8 Å². The number of sulfonamides is 1. The standard InChI is InChI=1S/C18H16N2O5S/c1-12(21)14-4-3-5-16(10-14)26(22,23)20-18-17(11-19-25-18)13-6-8-15(24-2)9-7-13/h3-11,20H,1-2H3. The van der Waals surface area contributed by atoms with Crippen LogP contribution in [0.5, 0.6) is 5.75 Å². The molecule has 1 N–H and O–H groups in total. The van der Waals surface area contributed by atoms with Gasteiger partial charge in [-0.05, 0) is 36.8 Å². The monoisotopic (exact) mass is 372 g/mol. The molecule has 0 amide bonds. The molecule has 8 heteroatoms. The van der Waals surface area contributed by atoms with Crippen LogP contribution >= 0.6 is 0 Å². The number of Topliss-reactive ketones (excluding diaryl/α,β-unsaturated/α-hetero) is 1. The van der Waals surface area contributed by atoms with E-state index in [0.29, 0.717) is 22.4 Å². The molecule has 26 heavy (non-hydrogen) atoms. The van der Waals surface area contributed by atoms with Crippen LogP contribution in [0.1, 0.15) is 17.3 Å². The van der Waals surface area contributed by atoms with Crippen LogP contribution < -0.4 is 9.46 Å². The number of hydrogen-bond acceptors (Lipinski definition) is 6.